The molecule has 0 aliphatic heterocycles. The zero-order valence-corrected chi connectivity index (χ0v) is 21.2. The van der Waals surface area contributed by atoms with Crippen LogP contribution >= 0.6 is 23.1 Å². The van der Waals surface area contributed by atoms with Crippen LogP contribution in [0, 0.1) is 6.92 Å². The topological polar surface area (TPSA) is 94.3 Å². The third-order valence-electron chi connectivity index (χ3n) is 5.62. The van der Waals surface area contributed by atoms with Crippen LogP contribution in [-0.2, 0) is 17.7 Å². The van der Waals surface area contributed by atoms with Gasteiger partial charge in [-0.2, -0.15) is 5.10 Å². The molecule has 0 atom stereocenters. The summed E-state index contributed by atoms with van der Waals surface area (Å²) in [5.41, 5.74) is 7.88. The molecule has 3 heterocycles. The monoisotopic (exact) mass is 504 g/mol. The number of fused-ring (bicyclic) bond motifs is 3. The molecule has 178 valence electrons. The van der Waals surface area contributed by atoms with Crippen LogP contribution in [0.5, 0.6) is 0 Å². The van der Waals surface area contributed by atoms with Gasteiger partial charge in [-0.3, -0.25) is 15.1 Å². The van der Waals surface area contributed by atoms with E-state index in [1.807, 2.05) is 55.1 Å². The molecule has 35 heavy (non-hydrogen) atoms. The summed E-state index contributed by atoms with van der Waals surface area (Å²) in [6.45, 7) is 3.93. The lowest BCUT2D eigenvalue weighted by atomic mass is 9.95. The van der Waals surface area contributed by atoms with E-state index >= 15 is 0 Å². The molecule has 1 aliphatic rings. The van der Waals surface area contributed by atoms with E-state index in [1.165, 1.54) is 30.2 Å². The lowest BCUT2D eigenvalue weighted by molar-refractivity contribution is 0.215. The predicted molar refractivity (Wildman–Crippen MR) is 142 cm³/mol. The number of amides is 1. The molecule has 10 heteroatoms. The Morgan fingerprint density at radius 3 is 2.80 bits per heavy atom. The van der Waals surface area contributed by atoms with Gasteiger partial charge in [-0.1, -0.05) is 47.3 Å². The number of benzene rings is 1. The second kappa shape index (κ2) is 10.0. The highest BCUT2D eigenvalue weighted by molar-refractivity contribution is 8.13. The average Bonchev–Trinajstić information content (AvgIpc) is 3.45. The second-order valence-electron chi connectivity index (χ2n) is 7.92. The first-order valence-electron chi connectivity index (χ1n) is 11.2. The Balaban J connectivity index is 1.63. The maximum Gasteiger partial charge on any atom is 0.285 e. The Labute approximate surface area is 211 Å². The van der Waals surface area contributed by atoms with Gasteiger partial charge in [0.1, 0.15) is 7.11 Å². The minimum absolute atomic E-state index is 0.0907. The van der Waals surface area contributed by atoms with Gasteiger partial charge in [0.15, 0.2) is 5.13 Å². The summed E-state index contributed by atoms with van der Waals surface area (Å²) >= 11 is 2.74. The summed E-state index contributed by atoms with van der Waals surface area (Å²) < 4.78 is 1.98. The van der Waals surface area contributed by atoms with E-state index in [4.69, 9.17) is 14.9 Å². The quantitative estimate of drug-likeness (QED) is 0.266. The van der Waals surface area contributed by atoms with Crippen LogP contribution in [0.4, 0.5) is 9.93 Å². The van der Waals surface area contributed by atoms with Crippen LogP contribution in [-0.4, -0.2) is 44.1 Å². The van der Waals surface area contributed by atoms with Gasteiger partial charge >= 0.3 is 0 Å². The largest absolute Gasteiger partial charge is 0.399 e. The van der Waals surface area contributed by atoms with E-state index in [1.54, 1.807) is 6.21 Å². The Kier molecular flexibility index (Phi) is 6.65. The van der Waals surface area contributed by atoms with Crippen molar-refractivity contribution in [1.82, 2.24) is 19.7 Å². The number of hydrogen-bond donors (Lipinski definition) is 1. The number of carbonyl (C=O) groups excluding carboxylic acids is 1. The van der Waals surface area contributed by atoms with E-state index in [9.17, 15) is 4.79 Å². The van der Waals surface area contributed by atoms with Crippen molar-refractivity contribution >= 4 is 39.7 Å². The van der Waals surface area contributed by atoms with Gasteiger partial charge in [-0.15, -0.1) is 0 Å². The molecule has 0 saturated heterocycles. The highest BCUT2D eigenvalue weighted by Crippen LogP contribution is 2.44. The fourth-order valence-electron chi connectivity index (χ4n) is 4.02. The molecule has 0 spiro atoms. The number of rotatable bonds is 6. The van der Waals surface area contributed by atoms with Crippen molar-refractivity contribution in [1.29, 1.82) is 0 Å². The Hall–Kier alpha value is -3.50. The third kappa shape index (κ3) is 4.71. The van der Waals surface area contributed by atoms with Crippen LogP contribution in [0.3, 0.4) is 0 Å². The van der Waals surface area contributed by atoms with E-state index in [0.717, 1.165) is 62.9 Å². The number of aromatic nitrogens is 4. The number of carbonyl (C=O) groups is 1. The van der Waals surface area contributed by atoms with Crippen molar-refractivity contribution in [3.8, 4) is 27.5 Å². The fourth-order valence-corrected chi connectivity index (χ4v) is 5.58. The number of thioether (sulfide) groups is 1. The van der Waals surface area contributed by atoms with Gasteiger partial charge in [0.25, 0.3) is 5.24 Å². The summed E-state index contributed by atoms with van der Waals surface area (Å²) in [5, 5.41) is 12.3. The van der Waals surface area contributed by atoms with Crippen LogP contribution in [0.1, 0.15) is 29.4 Å². The summed E-state index contributed by atoms with van der Waals surface area (Å²) in [7, 11) is 1.52. The molecule has 0 bridgehead atoms. The van der Waals surface area contributed by atoms with Crippen molar-refractivity contribution in [2.24, 2.45) is 5.16 Å². The smallest absolute Gasteiger partial charge is 0.285 e. The molecule has 0 saturated carbocycles. The van der Waals surface area contributed by atoms with Gasteiger partial charge in [0.2, 0.25) is 0 Å². The molecule has 0 radical (unpaired) electrons. The zero-order valence-electron chi connectivity index (χ0n) is 19.6. The van der Waals surface area contributed by atoms with Crippen LogP contribution in [0.15, 0.2) is 47.8 Å². The molecule has 1 aromatic carbocycles. The lowest BCUT2D eigenvalue weighted by Crippen LogP contribution is -2.06. The minimum Gasteiger partial charge on any atom is -0.399 e. The summed E-state index contributed by atoms with van der Waals surface area (Å²) in [4.78, 5) is 27.2. The molecule has 3 aromatic heterocycles. The van der Waals surface area contributed by atoms with E-state index in [-0.39, 0.29) is 5.24 Å². The predicted octanol–water partition coefficient (Wildman–Crippen LogP) is 5.73. The number of pyridine rings is 1. The molecule has 0 unspecified atom stereocenters. The first-order valence-corrected chi connectivity index (χ1v) is 13.0. The van der Waals surface area contributed by atoms with Crippen molar-refractivity contribution in [3.63, 3.8) is 0 Å². The van der Waals surface area contributed by atoms with Gasteiger partial charge < -0.3 is 4.84 Å². The summed E-state index contributed by atoms with van der Waals surface area (Å²) in [6.07, 6.45) is 5.14. The second-order valence-corrected chi connectivity index (χ2v) is 10.2. The number of anilines is 1. The first-order chi connectivity index (χ1) is 17.1. The number of oxime groups is 1. The average molecular weight is 505 g/mol. The van der Waals surface area contributed by atoms with Gasteiger partial charge in [0.05, 0.1) is 33.9 Å². The van der Waals surface area contributed by atoms with Crippen molar-refractivity contribution < 1.29 is 9.63 Å². The fraction of sp³-hybridized carbons (Fsp3) is 0.240. The molecule has 5 rings (SSSR count). The first kappa shape index (κ1) is 23.3. The standard InChI is InChI=1S/C25H24N6O2S2/c1-4-34-25(32)29-24-28-20-12-11-19-21(17-8-5-15(2)26-14-17)30-31(22(19)23(20)35-24)18-9-6-16(7-10-18)13-27-33-3/h5-10,13-14H,4,11-12H2,1-3H3,(H,28,29,32)/b27-13+. The van der Waals surface area contributed by atoms with Gasteiger partial charge in [0, 0.05) is 23.0 Å². The number of hydrogen-bond acceptors (Lipinski definition) is 8. The van der Waals surface area contributed by atoms with Crippen molar-refractivity contribution in [2.75, 3.05) is 18.2 Å². The normalized spacial score (nSPS) is 12.4. The molecule has 8 nitrogen and oxygen atoms in total. The molecular weight excluding hydrogens is 480 g/mol. The van der Waals surface area contributed by atoms with Crippen LogP contribution in [0.25, 0.3) is 27.5 Å². The summed E-state index contributed by atoms with van der Waals surface area (Å²) in [5.74, 6) is 0.715. The van der Waals surface area contributed by atoms with E-state index in [2.05, 4.69) is 21.5 Å². The SMILES string of the molecule is CCSC(=O)Nc1nc2c(s1)-c1c(c(-c3ccc(C)nc3)nn1-c1ccc(/C=N/OC)cc1)CC2. The Morgan fingerprint density at radius 2 is 2.09 bits per heavy atom. The molecular formula is C25H24N6O2S2. The zero-order chi connectivity index (χ0) is 24.4. The molecule has 1 aliphatic carbocycles. The number of thiazole rings is 1. The maximum atomic E-state index is 12.2. The highest BCUT2D eigenvalue weighted by atomic mass is 32.2. The minimum atomic E-state index is -0.0907. The number of nitrogens with one attached hydrogen (secondary N) is 1. The molecule has 4 aromatic rings. The number of nitrogens with zero attached hydrogens (tertiary/aromatic N) is 5. The maximum absolute atomic E-state index is 12.2. The van der Waals surface area contributed by atoms with Crippen molar-refractivity contribution in [3.05, 3.63) is 65.1 Å². The molecule has 1 N–H and O–H groups in total. The Bertz CT molecular complexity index is 1390. The van der Waals surface area contributed by atoms with Gasteiger partial charge in [-0.25, -0.2) is 9.67 Å². The van der Waals surface area contributed by atoms with Crippen LogP contribution < -0.4 is 5.32 Å². The highest BCUT2D eigenvalue weighted by Gasteiger charge is 2.30. The molecule has 0 fully saturated rings. The Morgan fingerprint density at radius 1 is 1.26 bits per heavy atom. The summed E-state index contributed by atoms with van der Waals surface area (Å²) in [6, 6.07) is 12.0. The lowest BCUT2D eigenvalue weighted by Gasteiger charge is -2.14. The number of aryl methyl sites for hydroxylation is 2. The van der Waals surface area contributed by atoms with Crippen LogP contribution in [0.2, 0.25) is 0 Å². The van der Waals surface area contributed by atoms with Gasteiger partial charge in [-0.05, 0) is 55.3 Å². The molecule has 1 amide bonds. The van der Waals surface area contributed by atoms with Crippen molar-refractivity contribution in [2.45, 2.75) is 26.7 Å². The third-order valence-corrected chi connectivity index (χ3v) is 7.29. The van der Waals surface area contributed by atoms with E-state index < -0.39 is 0 Å². The van der Waals surface area contributed by atoms with E-state index in [0.29, 0.717) is 10.9 Å².